The Morgan fingerprint density at radius 3 is 2.42 bits per heavy atom. The van der Waals surface area contributed by atoms with Gasteiger partial charge in [0.15, 0.2) is 17.6 Å². The highest BCUT2D eigenvalue weighted by Gasteiger charge is 2.24. The number of hydrogen-bond donors (Lipinski definition) is 1. The Morgan fingerprint density at radius 2 is 1.75 bits per heavy atom. The molecule has 10 heteroatoms. The van der Waals surface area contributed by atoms with Crippen molar-refractivity contribution in [2.75, 3.05) is 13.7 Å². The molecule has 3 aromatic rings. The van der Waals surface area contributed by atoms with Crippen molar-refractivity contribution in [3.05, 3.63) is 93.1 Å². The lowest BCUT2D eigenvalue weighted by molar-refractivity contribution is -0.136. The van der Waals surface area contributed by atoms with Crippen molar-refractivity contribution in [2.45, 2.75) is 39.1 Å². The van der Waals surface area contributed by atoms with E-state index < -0.39 is 17.7 Å². The molecule has 8 nitrogen and oxygen atoms in total. The molecule has 1 aliphatic rings. The van der Waals surface area contributed by atoms with Crippen LogP contribution in [0.25, 0.3) is 6.08 Å². The number of nitrogens with one attached hydrogen (secondary N) is 1. The third-order valence-corrected chi connectivity index (χ3v) is 6.36. The van der Waals surface area contributed by atoms with E-state index in [1.807, 2.05) is 30.3 Å². The number of ether oxygens (including phenoxy) is 5. The molecule has 1 heterocycles. The third-order valence-electron chi connectivity index (χ3n) is 5.62. The number of esters is 1. The van der Waals surface area contributed by atoms with E-state index in [9.17, 15) is 9.59 Å². The molecule has 0 radical (unpaired) electrons. The number of methoxy groups -OCH3 is 1. The zero-order chi connectivity index (χ0) is 28.9. The lowest BCUT2D eigenvalue weighted by Crippen LogP contribution is -2.34. The second kappa shape index (κ2) is 12.5. The van der Waals surface area contributed by atoms with E-state index in [1.165, 1.54) is 13.2 Å². The van der Waals surface area contributed by atoms with Gasteiger partial charge in [-0.25, -0.2) is 9.59 Å². The van der Waals surface area contributed by atoms with E-state index in [-0.39, 0.29) is 18.4 Å². The molecule has 1 amide bonds. The summed E-state index contributed by atoms with van der Waals surface area (Å²) in [5, 5.41) is 3.42. The number of halogens is 2. The average molecular weight is 586 g/mol. The van der Waals surface area contributed by atoms with E-state index in [4.69, 9.17) is 46.9 Å². The van der Waals surface area contributed by atoms with Crippen molar-refractivity contribution in [3.63, 3.8) is 0 Å². The van der Waals surface area contributed by atoms with Gasteiger partial charge >= 0.3 is 12.1 Å². The fourth-order valence-electron chi connectivity index (χ4n) is 3.75. The first-order valence-corrected chi connectivity index (χ1v) is 13.2. The maximum atomic E-state index is 12.2. The van der Waals surface area contributed by atoms with Gasteiger partial charge in [-0.05, 0) is 79.9 Å². The van der Waals surface area contributed by atoms with E-state index in [1.54, 1.807) is 51.1 Å². The van der Waals surface area contributed by atoms with Crippen LogP contribution in [0.4, 0.5) is 4.79 Å². The minimum Gasteiger partial charge on any atom is -0.489 e. The van der Waals surface area contributed by atoms with Crippen LogP contribution in [-0.4, -0.2) is 31.4 Å². The molecule has 0 spiro atoms. The topological polar surface area (TPSA) is 92.3 Å². The van der Waals surface area contributed by atoms with Gasteiger partial charge in [0, 0.05) is 0 Å². The molecule has 0 unspecified atom stereocenters. The zero-order valence-electron chi connectivity index (χ0n) is 22.5. The van der Waals surface area contributed by atoms with E-state index in [2.05, 4.69) is 5.32 Å². The first-order valence-electron chi connectivity index (χ1n) is 12.4. The Kier molecular flexibility index (Phi) is 9.12. The fourth-order valence-corrected chi connectivity index (χ4v) is 4.07. The molecule has 1 N–H and O–H groups in total. The van der Waals surface area contributed by atoms with E-state index in [0.717, 1.165) is 11.1 Å². The Bertz CT molecular complexity index is 1410. The van der Waals surface area contributed by atoms with Gasteiger partial charge in [0.1, 0.15) is 30.3 Å². The summed E-state index contributed by atoms with van der Waals surface area (Å²) < 4.78 is 28.0. The molecule has 0 saturated carbocycles. The van der Waals surface area contributed by atoms with Crippen LogP contribution < -0.4 is 19.5 Å². The number of hydrogen-bond acceptors (Lipinski definition) is 7. The second-order valence-corrected chi connectivity index (χ2v) is 10.7. The smallest absolute Gasteiger partial charge is 0.412 e. The van der Waals surface area contributed by atoms with Gasteiger partial charge < -0.3 is 23.7 Å². The number of fused-ring (bicyclic) bond motifs is 1. The molecule has 0 fully saturated rings. The minimum atomic E-state index is -0.768. The molecule has 0 bridgehead atoms. The van der Waals surface area contributed by atoms with Gasteiger partial charge in [0.05, 0.1) is 17.2 Å². The Balaban J connectivity index is 1.40. The number of amides is 1. The summed E-state index contributed by atoms with van der Waals surface area (Å²) in [6.07, 6.45) is 0.384. The van der Waals surface area contributed by atoms with Crippen LogP contribution in [0.3, 0.4) is 0 Å². The summed E-state index contributed by atoms with van der Waals surface area (Å²) in [6.45, 7) is 5.82. The van der Waals surface area contributed by atoms with Crippen molar-refractivity contribution in [2.24, 2.45) is 0 Å². The molecule has 0 saturated heterocycles. The zero-order valence-corrected chi connectivity index (χ0v) is 24.0. The Morgan fingerprint density at radius 1 is 1.00 bits per heavy atom. The summed E-state index contributed by atoms with van der Waals surface area (Å²) in [5.74, 6) is 1.04. The lowest BCUT2D eigenvalue weighted by Gasteiger charge is -2.27. The number of alkyl carbamates (subject to hydrolysis) is 1. The highest BCUT2D eigenvalue weighted by atomic mass is 35.5. The van der Waals surface area contributed by atoms with Crippen LogP contribution in [0.1, 0.15) is 43.6 Å². The number of carbonyl (C=O) groups is 2. The maximum Gasteiger partial charge on any atom is 0.412 e. The van der Waals surface area contributed by atoms with Crippen LogP contribution in [0.5, 0.6) is 17.2 Å². The van der Waals surface area contributed by atoms with Crippen molar-refractivity contribution in [3.8, 4) is 17.2 Å². The molecule has 210 valence electrons. The van der Waals surface area contributed by atoms with Crippen LogP contribution in [0, 0.1) is 0 Å². The minimum absolute atomic E-state index is 0.0761. The SMILES string of the molecule is COC(=O)C(=Cc1ccc2c(c1)OC[C@H](c1ccc(OCc3ccc(Cl)c(Cl)c3)cc1)O2)NC(=O)OC(C)(C)C. The molecule has 0 aromatic heterocycles. The maximum absolute atomic E-state index is 12.2. The van der Waals surface area contributed by atoms with Crippen LogP contribution in [0.2, 0.25) is 10.0 Å². The molecule has 0 aliphatic carbocycles. The third kappa shape index (κ3) is 7.83. The highest BCUT2D eigenvalue weighted by molar-refractivity contribution is 6.42. The van der Waals surface area contributed by atoms with Gasteiger partial charge in [0.25, 0.3) is 0 Å². The second-order valence-electron chi connectivity index (χ2n) is 9.91. The molecular weight excluding hydrogens is 557 g/mol. The Labute approximate surface area is 242 Å². The number of carbonyl (C=O) groups excluding carboxylic acids is 2. The van der Waals surface area contributed by atoms with Crippen LogP contribution in [0.15, 0.2) is 66.4 Å². The monoisotopic (exact) mass is 585 g/mol. The molecule has 4 rings (SSSR count). The molecule has 1 aliphatic heterocycles. The van der Waals surface area contributed by atoms with Crippen molar-refractivity contribution in [1.82, 2.24) is 5.32 Å². The Hall–Kier alpha value is -3.88. The largest absolute Gasteiger partial charge is 0.489 e. The van der Waals surface area contributed by atoms with Crippen LogP contribution >= 0.6 is 23.2 Å². The van der Waals surface area contributed by atoms with Crippen molar-refractivity contribution in [1.29, 1.82) is 0 Å². The number of rotatable bonds is 7. The molecule has 1 atom stereocenters. The highest BCUT2D eigenvalue weighted by Crippen LogP contribution is 2.37. The predicted molar refractivity (Wildman–Crippen MR) is 152 cm³/mol. The lowest BCUT2D eigenvalue weighted by atomic mass is 10.1. The summed E-state index contributed by atoms with van der Waals surface area (Å²) >= 11 is 12.0. The van der Waals surface area contributed by atoms with Gasteiger partial charge in [-0.1, -0.05) is 47.5 Å². The number of benzene rings is 3. The standard InChI is InChI=1S/C30H29Cl2NO7/c1-30(2,3)40-29(35)33-24(28(34)36-4)14-18-6-12-25-26(15-18)38-17-27(39-25)20-7-9-21(10-8-20)37-16-19-5-11-22(31)23(32)13-19/h5-15,27H,16-17H2,1-4H3,(H,33,35)/t27-/m1/s1. The van der Waals surface area contributed by atoms with Gasteiger partial charge in [-0.15, -0.1) is 0 Å². The predicted octanol–water partition coefficient (Wildman–Crippen LogP) is 7.12. The molecular formula is C30H29Cl2NO7. The fraction of sp³-hybridized carbons (Fsp3) is 0.267. The summed E-state index contributed by atoms with van der Waals surface area (Å²) in [6, 6.07) is 18.1. The summed E-state index contributed by atoms with van der Waals surface area (Å²) in [4.78, 5) is 24.4. The first-order chi connectivity index (χ1) is 19.0. The van der Waals surface area contributed by atoms with Crippen molar-refractivity contribution < 1.29 is 33.3 Å². The van der Waals surface area contributed by atoms with Gasteiger partial charge in [-0.3, -0.25) is 5.32 Å². The van der Waals surface area contributed by atoms with E-state index in [0.29, 0.717) is 39.5 Å². The van der Waals surface area contributed by atoms with E-state index >= 15 is 0 Å². The quantitative estimate of drug-likeness (QED) is 0.233. The molecule has 40 heavy (non-hydrogen) atoms. The van der Waals surface area contributed by atoms with Crippen molar-refractivity contribution >= 4 is 41.3 Å². The summed E-state index contributed by atoms with van der Waals surface area (Å²) in [7, 11) is 1.23. The van der Waals surface area contributed by atoms with Crippen LogP contribution in [-0.2, 0) is 20.9 Å². The molecule has 3 aromatic carbocycles. The van der Waals surface area contributed by atoms with Gasteiger partial charge in [-0.2, -0.15) is 0 Å². The normalized spacial score (nSPS) is 14.8. The average Bonchev–Trinajstić information content (AvgIpc) is 2.92. The summed E-state index contributed by atoms with van der Waals surface area (Å²) in [5.41, 5.74) is 1.63. The first kappa shape index (κ1) is 29.1. The van der Waals surface area contributed by atoms with Gasteiger partial charge in [0.2, 0.25) is 0 Å².